The number of rotatable bonds is 5. The van der Waals surface area contributed by atoms with Crippen molar-refractivity contribution >= 4 is 39.2 Å². The van der Waals surface area contributed by atoms with E-state index in [0.717, 1.165) is 53.6 Å². The number of aromatic nitrogens is 2. The van der Waals surface area contributed by atoms with Crippen LogP contribution in [0.15, 0.2) is 40.3 Å². The minimum Gasteiger partial charge on any atom is -0.337 e. The van der Waals surface area contributed by atoms with Crippen LogP contribution in [0.5, 0.6) is 0 Å². The smallest absolute Gasteiger partial charge is 0.267 e. The van der Waals surface area contributed by atoms with Gasteiger partial charge in [-0.1, -0.05) is 36.9 Å². The van der Waals surface area contributed by atoms with Crippen LogP contribution in [0.4, 0.5) is 0 Å². The van der Waals surface area contributed by atoms with Gasteiger partial charge in [0.15, 0.2) is 5.16 Å². The molecule has 2 aromatic heterocycles. The normalized spacial score (nSPS) is 19.2. The molecule has 2 heterocycles. The van der Waals surface area contributed by atoms with Gasteiger partial charge in [-0.05, 0) is 68.6 Å². The van der Waals surface area contributed by atoms with Crippen LogP contribution in [0.1, 0.15) is 49.5 Å². The fraction of sp³-hybridized carbons (Fsp3) is 0.440. The number of hydrogen-bond acceptors (Lipinski definition) is 6. The number of carbonyl (C=O) groups excluding carboxylic acids is 1. The number of amides is 1. The summed E-state index contributed by atoms with van der Waals surface area (Å²) in [5.41, 5.74) is 1.08. The van der Waals surface area contributed by atoms with E-state index in [1.165, 1.54) is 16.6 Å². The van der Waals surface area contributed by atoms with Crippen LogP contribution >= 0.6 is 23.1 Å². The lowest BCUT2D eigenvalue weighted by Gasteiger charge is -2.22. The standard InChI is InChI=1S/C25H26N4O2S2/c1-16-9-10-18-19(13-16)33-22-21(18)23(31)29(17-7-3-2-4-8-17)24(27-22)32-14-20(30)28-25(15-26)11-5-6-12-25/h2-4,7-8,16H,5-6,9-14H2,1H3,(H,28,30). The molecule has 2 aliphatic carbocycles. The molecule has 1 atom stereocenters. The lowest BCUT2D eigenvalue weighted by atomic mass is 9.89. The fourth-order valence-corrected chi connectivity index (χ4v) is 7.19. The third kappa shape index (κ3) is 4.20. The molecule has 170 valence electrons. The summed E-state index contributed by atoms with van der Waals surface area (Å²) >= 11 is 2.87. The highest BCUT2D eigenvalue weighted by Gasteiger charge is 2.35. The Morgan fingerprint density at radius 3 is 2.82 bits per heavy atom. The lowest BCUT2D eigenvalue weighted by Crippen LogP contribution is -2.45. The molecule has 1 aromatic carbocycles. The Kier molecular flexibility index (Phi) is 6.02. The van der Waals surface area contributed by atoms with Crippen LogP contribution in [0, 0.1) is 17.2 Å². The largest absolute Gasteiger partial charge is 0.337 e. The van der Waals surface area contributed by atoms with Crippen LogP contribution < -0.4 is 10.9 Å². The zero-order valence-corrected chi connectivity index (χ0v) is 20.2. The Hall–Kier alpha value is -2.63. The van der Waals surface area contributed by atoms with E-state index in [9.17, 15) is 14.9 Å². The summed E-state index contributed by atoms with van der Waals surface area (Å²) in [6, 6.07) is 11.8. The van der Waals surface area contributed by atoms with Crippen LogP contribution in [0.3, 0.4) is 0 Å². The average Bonchev–Trinajstić information content (AvgIpc) is 3.42. The highest BCUT2D eigenvalue weighted by atomic mass is 32.2. The highest BCUT2D eigenvalue weighted by Crippen LogP contribution is 2.37. The number of para-hydroxylation sites is 1. The molecule has 33 heavy (non-hydrogen) atoms. The molecule has 2 aliphatic rings. The quantitative estimate of drug-likeness (QED) is 0.427. The zero-order valence-electron chi connectivity index (χ0n) is 18.6. The number of nitriles is 1. The number of nitrogens with one attached hydrogen (secondary N) is 1. The SMILES string of the molecule is CC1CCc2c(sc3nc(SCC(=O)NC4(C#N)CCCC4)n(-c4ccccc4)c(=O)c23)C1. The summed E-state index contributed by atoms with van der Waals surface area (Å²) in [4.78, 5) is 33.4. The van der Waals surface area contributed by atoms with Gasteiger partial charge in [0.25, 0.3) is 5.56 Å². The molecule has 5 rings (SSSR count). The molecule has 1 unspecified atom stereocenters. The Bertz CT molecular complexity index is 1300. The number of nitrogens with zero attached hydrogens (tertiary/aromatic N) is 3. The van der Waals surface area contributed by atoms with Crippen molar-refractivity contribution in [3.63, 3.8) is 0 Å². The number of fused-ring (bicyclic) bond motifs is 3. The van der Waals surface area contributed by atoms with Crippen molar-refractivity contribution in [3.05, 3.63) is 51.1 Å². The minimum atomic E-state index is -0.752. The third-order valence-electron chi connectivity index (χ3n) is 6.70. The summed E-state index contributed by atoms with van der Waals surface area (Å²) < 4.78 is 1.64. The van der Waals surface area contributed by atoms with Crippen molar-refractivity contribution in [2.24, 2.45) is 5.92 Å². The predicted octanol–water partition coefficient (Wildman–Crippen LogP) is 4.62. The van der Waals surface area contributed by atoms with Gasteiger partial charge < -0.3 is 5.32 Å². The molecule has 0 aliphatic heterocycles. The molecule has 6 nitrogen and oxygen atoms in total. The molecule has 0 spiro atoms. The Morgan fingerprint density at radius 2 is 2.09 bits per heavy atom. The maximum absolute atomic E-state index is 13.8. The van der Waals surface area contributed by atoms with Crippen molar-refractivity contribution in [1.82, 2.24) is 14.9 Å². The molecule has 3 aromatic rings. The van der Waals surface area contributed by atoms with Crippen LogP contribution in [-0.2, 0) is 17.6 Å². The third-order valence-corrected chi connectivity index (χ3v) is 8.78. The number of thiophene rings is 1. The fourth-order valence-electron chi connectivity index (χ4n) is 4.95. The molecule has 1 amide bonds. The van der Waals surface area contributed by atoms with Crippen molar-refractivity contribution in [2.75, 3.05) is 5.75 Å². The van der Waals surface area contributed by atoms with Gasteiger partial charge in [0.1, 0.15) is 10.4 Å². The second-order valence-electron chi connectivity index (χ2n) is 9.14. The van der Waals surface area contributed by atoms with Crippen LogP contribution in [0.25, 0.3) is 15.9 Å². The first-order valence-electron chi connectivity index (χ1n) is 11.5. The molecule has 8 heteroatoms. The first-order chi connectivity index (χ1) is 16.0. The van der Waals surface area contributed by atoms with Gasteiger partial charge in [0, 0.05) is 4.88 Å². The maximum Gasteiger partial charge on any atom is 0.267 e. The molecular weight excluding hydrogens is 452 g/mol. The second-order valence-corrected chi connectivity index (χ2v) is 11.2. The van der Waals surface area contributed by atoms with E-state index in [1.54, 1.807) is 15.9 Å². The summed E-state index contributed by atoms with van der Waals surface area (Å²) in [7, 11) is 0. The molecule has 1 saturated carbocycles. The first-order valence-corrected chi connectivity index (χ1v) is 13.3. The molecule has 1 N–H and O–H groups in total. The van der Waals surface area contributed by atoms with E-state index in [0.29, 0.717) is 23.9 Å². The number of carbonyl (C=O) groups is 1. The summed E-state index contributed by atoms with van der Waals surface area (Å²) in [6.45, 7) is 2.25. The topological polar surface area (TPSA) is 87.8 Å². The van der Waals surface area contributed by atoms with Gasteiger partial charge in [0.2, 0.25) is 5.91 Å². The predicted molar refractivity (Wildman–Crippen MR) is 132 cm³/mol. The number of hydrogen-bond donors (Lipinski definition) is 1. The van der Waals surface area contributed by atoms with Gasteiger partial charge in [-0.2, -0.15) is 5.26 Å². The van der Waals surface area contributed by atoms with E-state index >= 15 is 0 Å². The summed E-state index contributed by atoms with van der Waals surface area (Å²) in [5.74, 6) is 0.523. The first kappa shape index (κ1) is 22.2. The molecule has 0 bridgehead atoms. The minimum absolute atomic E-state index is 0.0644. The van der Waals surface area contributed by atoms with Gasteiger partial charge in [0.05, 0.1) is 22.9 Å². The van der Waals surface area contributed by atoms with E-state index in [-0.39, 0.29) is 17.2 Å². The number of thioether (sulfide) groups is 1. The molecular formula is C25H26N4O2S2. The maximum atomic E-state index is 13.8. The summed E-state index contributed by atoms with van der Waals surface area (Å²) in [6.07, 6.45) is 6.27. The zero-order chi connectivity index (χ0) is 23.0. The van der Waals surface area contributed by atoms with Crippen LogP contribution in [0.2, 0.25) is 0 Å². The Balaban J connectivity index is 1.51. The van der Waals surface area contributed by atoms with Crippen molar-refractivity contribution < 1.29 is 4.79 Å². The number of benzene rings is 1. The molecule has 0 radical (unpaired) electrons. The Morgan fingerprint density at radius 1 is 1.33 bits per heavy atom. The number of aryl methyl sites for hydroxylation is 1. The average molecular weight is 479 g/mol. The van der Waals surface area contributed by atoms with E-state index < -0.39 is 5.54 Å². The van der Waals surface area contributed by atoms with E-state index in [4.69, 9.17) is 4.98 Å². The molecule has 0 saturated heterocycles. The van der Waals surface area contributed by atoms with Crippen molar-refractivity contribution in [3.8, 4) is 11.8 Å². The van der Waals surface area contributed by atoms with Gasteiger partial charge in [-0.15, -0.1) is 11.3 Å². The lowest BCUT2D eigenvalue weighted by molar-refractivity contribution is -0.119. The van der Waals surface area contributed by atoms with Crippen molar-refractivity contribution in [1.29, 1.82) is 5.26 Å². The van der Waals surface area contributed by atoms with E-state index in [1.807, 2.05) is 30.3 Å². The van der Waals surface area contributed by atoms with Crippen LogP contribution in [-0.4, -0.2) is 26.8 Å². The Labute approximate surface area is 201 Å². The van der Waals surface area contributed by atoms with Gasteiger partial charge >= 0.3 is 0 Å². The highest BCUT2D eigenvalue weighted by molar-refractivity contribution is 7.99. The second kappa shape index (κ2) is 8.96. The van der Waals surface area contributed by atoms with Gasteiger partial charge in [-0.3, -0.25) is 14.2 Å². The van der Waals surface area contributed by atoms with E-state index in [2.05, 4.69) is 18.3 Å². The summed E-state index contributed by atoms with van der Waals surface area (Å²) in [5, 5.41) is 13.7. The molecule has 1 fully saturated rings. The van der Waals surface area contributed by atoms with Crippen molar-refractivity contribution in [2.45, 2.75) is 62.6 Å². The van der Waals surface area contributed by atoms with Gasteiger partial charge in [-0.25, -0.2) is 4.98 Å². The monoisotopic (exact) mass is 478 g/mol.